The Balaban J connectivity index is 1.35. The Kier molecular flexibility index (Phi) is 6.33. The molecule has 40 heavy (non-hydrogen) atoms. The van der Waals surface area contributed by atoms with Crippen molar-refractivity contribution >= 4 is 23.2 Å². The lowest BCUT2D eigenvalue weighted by molar-refractivity contribution is -0.120. The van der Waals surface area contributed by atoms with E-state index in [1.54, 1.807) is 30.6 Å². The largest absolute Gasteiger partial charge is 0.323 e. The molecule has 0 aliphatic heterocycles. The highest BCUT2D eigenvalue weighted by molar-refractivity contribution is 6.31. The van der Waals surface area contributed by atoms with Crippen LogP contribution >= 0.6 is 11.6 Å². The molecule has 0 saturated heterocycles. The molecule has 0 radical (unpaired) electrons. The molecule has 2 aliphatic carbocycles. The van der Waals surface area contributed by atoms with E-state index < -0.39 is 17.0 Å². The van der Waals surface area contributed by atoms with Crippen molar-refractivity contribution in [3.63, 3.8) is 0 Å². The lowest BCUT2D eigenvalue weighted by Gasteiger charge is -2.17. The monoisotopic (exact) mass is 560 g/mol. The Bertz CT molecular complexity index is 1750. The predicted octanol–water partition coefficient (Wildman–Crippen LogP) is 6.85. The smallest absolute Gasteiger partial charge is 0.274 e. The molecule has 1 amide bonds. The van der Waals surface area contributed by atoms with Crippen molar-refractivity contribution in [2.24, 2.45) is 5.41 Å². The minimum absolute atomic E-state index is 0.00353. The van der Waals surface area contributed by atoms with Crippen LogP contribution in [0.1, 0.15) is 60.4 Å². The summed E-state index contributed by atoms with van der Waals surface area (Å²) in [5.41, 5.74) is 3.18. The maximum absolute atomic E-state index is 15.6. The Hall–Kier alpha value is -3.91. The summed E-state index contributed by atoms with van der Waals surface area (Å²) in [4.78, 5) is 34.5. The van der Waals surface area contributed by atoms with E-state index in [-0.39, 0.29) is 39.6 Å². The number of carbonyl (C=O) groups is 1. The van der Waals surface area contributed by atoms with E-state index in [9.17, 15) is 14.0 Å². The number of hydrogen-bond acceptors (Lipinski definition) is 4. The number of aryl methyl sites for hydroxylation is 2. The van der Waals surface area contributed by atoms with Gasteiger partial charge in [-0.25, -0.2) is 8.78 Å². The van der Waals surface area contributed by atoms with Crippen molar-refractivity contribution in [1.29, 1.82) is 0 Å². The summed E-state index contributed by atoms with van der Waals surface area (Å²) in [5.74, 6) is -1.15. The number of rotatable bonds is 6. The quantitative estimate of drug-likeness (QED) is 0.280. The number of pyridine rings is 3. The van der Waals surface area contributed by atoms with Gasteiger partial charge in [0.05, 0.1) is 23.3 Å². The fourth-order valence-electron chi connectivity index (χ4n) is 5.26. The number of amides is 1. The summed E-state index contributed by atoms with van der Waals surface area (Å²) in [7, 11) is 0. The zero-order chi connectivity index (χ0) is 28.3. The van der Waals surface area contributed by atoms with Crippen LogP contribution in [0.5, 0.6) is 0 Å². The predicted molar refractivity (Wildman–Crippen MR) is 150 cm³/mol. The second kappa shape index (κ2) is 9.63. The lowest BCUT2D eigenvalue weighted by atomic mass is 10.0. The van der Waals surface area contributed by atoms with Crippen molar-refractivity contribution in [3.05, 3.63) is 104 Å². The van der Waals surface area contributed by atoms with Gasteiger partial charge in [-0.2, -0.15) is 0 Å². The van der Waals surface area contributed by atoms with Gasteiger partial charge in [-0.3, -0.25) is 24.1 Å². The standard InChI is InChI=1S/C31H27ClF2N4O2/c1-16-13-36-25(20-5-4-6-24(28(20)34)37-30(40)31(3)7-8-31)12-26(16)38-17(2)9-23(27(32)29(38)39)22-11-21(22)18-10-19(33)15-35-14-18/h4-6,9-10,12-15,21-22H,7-8,11H2,1-3H3,(H,37,40)/t21-,22+/m1/s1. The summed E-state index contributed by atoms with van der Waals surface area (Å²) in [5, 5.41) is 2.81. The van der Waals surface area contributed by atoms with Gasteiger partial charge < -0.3 is 5.32 Å². The van der Waals surface area contributed by atoms with Crippen LogP contribution in [-0.4, -0.2) is 20.4 Å². The molecule has 0 unspecified atom stereocenters. The summed E-state index contributed by atoms with van der Waals surface area (Å²) >= 11 is 6.65. The number of nitrogens with zero attached hydrogens (tertiary/aromatic N) is 3. The highest BCUT2D eigenvalue weighted by Crippen LogP contribution is 2.55. The molecule has 1 N–H and O–H groups in total. The van der Waals surface area contributed by atoms with Gasteiger partial charge in [0.15, 0.2) is 5.82 Å². The van der Waals surface area contributed by atoms with E-state index in [0.717, 1.165) is 36.6 Å². The molecule has 2 atom stereocenters. The van der Waals surface area contributed by atoms with E-state index in [0.29, 0.717) is 22.6 Å². The first kappa shape index (κ1) is 26.3. The lowest BCUT2D eigenvalue weighted by Crippen LogP contribution is -2.23. The van der Waals surface area contributed by atoms with Gasteiger partial charge in [-0.05, 0) is 92.0 Å². The number of halogens is 3. The molecule has 2 saturated carbocycles. The number of aromatic nitrogens is 3. The van der Waals surface area contributed by atoms with Crippen LogP contribution < -0.4 is 10.9 Å². The second-order valence-corrected chi connectivity index (χ2v) is 11.5. The van der Waals surface area contributed by atoms with E-state index in [1.165, 1.54) is 16.7 Å². The first-order chi connectivity index (χ1) is 19.1. The van der Waals surface area contributed by atoms with Crippen LogP contribution in [0.2, 0.25) is 5.02 Å². The molecule has 0 bridgehead atoms. The van der Waals surface area contributed by atoms with Crippen molar-refractivity contribution in [3.8, 4) is 16.9 Å². The minimum Gasteiger partial charge on any atom is -0.323 e. The average molecular weight is 561 g/mol. The van der Waals surface area contributed by atoms with E-state index in [2.05, 4.69) is 15.3 Å². The van der Waals surface area contributed by atoms with Crippen LogP contribution in [0.15, 0.2) is 59.8 Å². The average Bonchev–Trinajstić information content (AvgIpc) is 3.85. The van der Waals surface area contributed by atoms with Crippen LogP contribution in [0, 0.1) is 30.9 Å². The molecule has 9 heteroatoms. The van der Waals surface area contributed by atoms with Crippen LogP contribution in [-0.2, 0) is 4.79 Å². The number of anilines is 1. The summed E-state index contributed by atoms with van der Waals surface area (Å²) < 4.78 is 30.8. The zero-order valence-electron chi connectivity index (χ0n) is 22.3. The fraction of sp³-hybridized carbons (Fsp3) is 0.290. The number of benzene rings is 1. The zero-order valence-corrected chi connectivity index (χ0v) is 23.0. The number of hydrogen-bond donors (Lipinski definition) is 1. The Morgan fingerprint density at radius 1 is 1.10 bits per heavy atom. The fourth-order valence-corrected chi connectivity index (χ4v) is 5.54. The van der Waals surface area contributed by atoms with Gasteiger partial charge in [0.25, 0.3) is 5.56 Å². The Labute approximate surface area is 235 Å². The van der Waals surface area contributed by atoms with Crippen LogP contribution in [0.4, 0.5) is 14.5 Å². The van der Waals surface area contributed by atoms with Crippen LogP contribution in [0.25, 0.3) is 16.9 Å². The number of nitrogens with one attached hydrogen (secondary N) is 1. The highest BCUT2D eigenvalue weighted by atomic mass is 35.5. The summed E-state index contributed by atoms with van der Waals surface area (Å²) in [6.07, 6.45) is 6.70. The third-order valence-electron chi connectivity index (χ3n) is 8.09. The topological polar surface area (TPSA) is 76.9 Å². The van der Waals surface area contributed by atoms with Gasteiger partial charge in [0.1, 0.15) is 10.8 Å². The van der Waals surface area contributed by atoms with E-state index in [4.69, 9.17) is 11.6 Å². The SMILES string of the molecule is Cc1cnc(-c2cccc(NC(=O)C3(C)CC3)c2F)cc1-n1c(C)cc([C@H]2C[C@@H]2c2cncc(F)c2)c(Cl)c1=O. The molecule has 3 heterocycles. The van der Waals surface area contributed by atoms with Crippen molar-refractivity contribution < 1.29 is 13.6 Å². The van der Waals surface area contributed by atoms with Gasteiger partial charge in [0.2, 0.25) is 5.91 Å². The molecular formula is C31H27ClF2N4O2. The molecule has 1 aromatic carbocycles. The maximum atomic E-state index is 15.6. The molecule has 0 spiro atoms. The molecule has 204 valence electrons. The molecule has 6 nitrogen and oxygen atoms in total. The van der Waals surface area contributed by atoms with Gasteiger partial charge in [-0.1, -0.05) is 24.6 Å². The molecule has 4 aromatic rings. The van der Waals surface area contributed by atoms with Gasteiger partial charge in [0, 0.05) is 29.1 Å². The third-order valence-corrected chi connectivity index (χ3v) is 8.47. The van der Waals surface area contributed by atoms with Crippen LogP contribution in [0.3, 0.4) is 0 Å². The first-order valence-corrected chi connectivity index (χ1v) is 13.5. The Morgan fingerprint density at radius 3 is 2.60 bits per heavy atom. The molecule has 2 aliphatic rings. The summed E-state index contributed by atoms with van der Waals surface area (Å²) in [6, 6.07) is 9.78. The first-order valence-electron chi connectivity index (χ1n) is 13.2. The number of carbonyl (C=O) groups excluding carboxylic acids is 1. The summed E-state index contributed by atoms with van der Waals surface area (Å²) in [6.45, 7) is 5.49. The van der Waals surface area contributed by atoms with E-state index >= 15 is 4.39 Å². The highest BCUT2D eigenvalue weighted by Gasteiger charge is 2.45. The van der Waals surface area contributed by atoms with Gasteiger partial charge >= 0.3 is 0 Å². The Morgan fingerprint density at radius 2 is 1.88 bits per heavy atom. The van der Waals surface area contributed by atoms with Crippen molar-refractivity contribution in [2.45, 2.75) is 51.9 Å². The van der Waals surface area contributed by atoms with Gasteiger partial charge in [-0.15, -0.1) is 0 Å². The molecule has 2 fully saturated rings. The molecular weight excluding hydrogens is 534 g/mol. The van der Waals surface area contributed by atoms with Crippen molar-refractivity contribution in [1.82, 2.24) is 14.5 Å². The molecule has 6 rings (SSSR count). The van der Waals surface area contributed by atoms with Crippen molar-refractivity contribution in [2.75, 3.05) is 5.32 Å². The second-order valence-electron chi connectivity index (χ2n) is 11.1. The maximum Gasteiger partial charge on any atom is 0.274 e. The third kappa shape index (κ3) is 4.60. The minimum atomic E-state index is -0.591. The van der Waals surface area contributed by atoms with E-state index in [1.807, 2.05) is 26.8 Å². The normalized spacial score (nSPS) is 18.9. The molecule has 3 aromatic heterocycles.